The Balaban J connectivity index is 1.58. The van der Waals surface area contributed by atoms with Crippen LogP contribution in [-0.2, 0) is 66.6 Å². The first-order valence-corrected chi connectivity index (χ1v) is 23.7. The van der Waals surface area contributed by atoms with Crippen molar-refractivity contribution in [3.63, 3.8) is 0 Å². The molecule has 34 heteroatoms. The molecule has 0 bridgehead atoms. The Hall–Kier alpha value is -3.61. The number of aliphatic carboxylic acids is 2. The fraction of sp³-hybridized carbons (Fsp3) is 0.881. The summed E-state index contributed by atoms with van der Waals surface area (Å²) in [5, 5.41) is 190. The van der Waals surface area contributed by atoms with Crippen LogP contribution < -0.4 is 16.0 Å². The minimum absolute atomic E-state index is 0.830. The van der Waals surface area contributed by atoms with Gasteiger partial charge in [-0.1, -0.05) is 0 Å². The van der Waals surface area contributed by atoms with Crippen LogP contribution in [0.1, 0.15) is 40.5 Å². The van der Waals surface area contributed by atoms with Crippen molar-refractivity contribution in [3.8, 4) is 0 Å². The molecule has 0 saturated carbocycles. The van der Waals surface area contributed by atoms with Gasteiger partial charge >= 0.3 is 11.9 Å². The average Bonchev–Trinajstić information content (AvgIpc) is 3.35. The molecule has 0 aromatic heterocycles. The standard InChI is InChI=1S/C42H69N3O31/c1-11-24(56)28(60)29(61)37(69-11)72-31-20(10-68-41(39(64)65)5-15(52)21(43-12(2)49)32(74-41)25(57)17(54)7-46)70-36(63)23(45-14(4)51)34(31)73-38-30(62)35(27(59)19(9-48)71-38)76-42(40(66)67)6-16(53)22(44-13(3)50)33(75-42)26(58)18(55)8-47/h11,15-38,46-48,52-63H,5-10H2,1-4H3,(H,43,49)(H,44,50)(H,45,51)(H,64,65)(H,66,67)/t11-,15-,16-,17+,18+,19+,20+,21+,22+,23+,24+,25+,26+,27-,28+,29-,30+,31+,32+,33+,34+,35-,36?,37-,38-,41+,42-/m0/s1. The number of hydrogen-bond acceptors (Lipinski definition) is 29. The number of ether oxygens (including phenoxy) is 9. The highest BCUT2D eigenvalue weighted by Gasteiger charge is 2.62. The minimum atomic E-state index is -3.27. The van der Waals surface area contributed by atoms with E-state index < -0.39 is 233 Å². The van der Waals surface area contributed by atoms with Crippen molar-refractivity contribution in [2.24, 2.45) is 0 Å². The molecule has 0 aromatic carbocycles. The zero-order chi connectivity index (χ0) is 57.0. The van der Waals surface area contributed by atoms with E-state index in [2.05, 4.69) is 16.0 Å². The lowest BCUT2D eigenvalue weighted by Crippen LogP contribution is -2.72. The number of carboxylic acid groups (broad SMARTS) is 2. The van der Waals surface area contributed by atoms with Crippen LogP contribution >= 0.6 is 0 Å². The Bertz CT molecular complexity index is 1980. The number of amides is 3. The first kappa shape index (κ1) is 63.2. The second-order valence-corrected chi connectivity index (χ2v) is 19.0. The number of carbonyl (C=O) groups is 5. The first-order valence-electron chi connectivity index (χ1n) is 23.7. The summed E-state index contributed by atoms with van der Waals surface area (Å²) in [4.78, 5) is 63.2. The van der Waals surface area contributed by atoms with Gasteiger partial charge in [0.1, 0.15) is 104 Å². The molecular weight excluding hydrogens is 1040 g/mol. The molecule has 5 aliphatic heterocycles. The van der Waals surface area contributed by atoms with Crippen molar-refractivity contribution < 1.29 is 153 Å². The summed E-state index contributed by atoms with van der Waals surface area (Å²) >= 11 is 0. The Kier molecular flexibility index (Phi) is 21.7. The highest BCUT2D eigenvalue weighted by molar-refractivity contribution is 5.77. The van der Waals surface area contributed by atoms with Crippen LogP contribution in [0.3, 0.4) is 0 Å². The number of nitrogens with one attached hydrogen (secondary N) is 3. The van der Waals surface area contributed by atoms with Crippen molar-refractivity contribution in [1.82, 2.24) is 16.0 Å². The van der Waals surface area contributed by atoms with Crippen LogP contribution in [0.5, 0.6) is 0 Å². The van der Waals surface area contributed by atoms with Gasteiger partial charge in [-0.2, -0.15) is 0 Å². The van der Waals surface area contributed by atoms with E-state index in [1.807, 2.05) is 0 Å². The zero-order valence-electron chi connectivity index (χ0n) is 41.0. The van der Waals surface area contributed by atoms with Crippen molar-refractivity contribution >= 4 is 29.7 Å². The molecule has 0 aromatic rings. The molecule has 5 heterocycles. The highest BCUT2D eigenvalue weighted by Crippen LogP contribution is 2.40. The Morgan fingerprint density at radius 1 is 0.566 bits per heavy atom. The lowest BCUT2D eigenvalue weighted by molar-refractivity contribution is -0.391. The van der Waals surface area contributed by atoms with Crippen LogP contribution in [0.2, 0.25) is 0 Å². The molecular formula is C42H69N3O31. The average molecular weight is 1110 g/mol. The molecule has 20 N–H and O–H groups in total. The molecule has 0 aliphatic carbocycles. The summed E-state index contributed by atoms with van der Waals surface area (Å²) in [5.41, 5.74) is 0. The fourth-order valence-electron chi connectivity index (χ4n) is 9.47. The lowest BCUT2D eigenvalue weighted by Gasteiger charge is -2.52. The summed E-state index contributed by atoms with van der Waals surface area (Å²) < 4.78 is 52.1. The monoisotopic (exact) mass is 1110 g/mol. The number of aliphatic hydroxyl groups is 15. The third kappa shape index (κ3) is 13.7. The van der Waals surface area contributed by atoms with Crippen molar-refractivity contribution in [2.45, 2.75) is 205 Å². The smallest absolute Gasteiger partial charge is 0.364 e. The van der Waals surface area contributed by atoms with Crippen LogP contribution in [0.15, 0.2) is 0 Å². The largest absolute Gasteiger partial charge is 0.477 e. The number of aliphatic hydroxyl groups excluding tert-OH is 15. The highest BCUT2D eigenvalue weighted by atomic mass is 16.8. The van der Waals surface area contributed by atoms with Crippen molar-refractivity contribution in [2.75, 3.05) is 26.4 Å². The summed E-state index contributed by atoms with van der Waals surface area (Å²) in [6.07, 6.45) is -48.9. The molecule has 0 spiro atoms. The van der Waals surface area contributed by atoms with Crippen LogP contribution in [0, 0.1) is 0 Å². The van der Waals surface area contributed by atoms with Crippen LogP contribution in [0.25, 0.3) is 0 Å². The molecule has 1 unspecified atom stereocenters. The molecule has 5 aliphatic rings. The summed E-state index contributed by atoms with van der Waals surface area (Å²) in [6, 6.07) is -5.33. The van der Waals surface area contributed by atoms with Crippen molar-refractivity contribution in [3.05, 3.63) is 0 Å². The van der Waals surface area contributed by atoms with Gasteiger partial charge in [-0.25, -0.2) is 9.59 Å². The van der Waals surface area contributed by atoms with Gasteiger partial charge in [0.15, 0.2) is 18.9 Å². The predicted octanol–water partition coefficient (Wildman–Crippen LogP) is -12.1. The Labute approximate surface area is 430 Å². The second-order valence-electron chi connectivity index (χ2n) is 19.0. The molecule has 5 fully saturated rings. The van der Waals surface area contributed by atoms with E-state index in [1.54, 1.807) is 0 Å². The zero-order valence-corrected chi connectivity index (χ0v) is 41.0. The summed E-state index contributed by atoms with van der Waals surface area (Å²) in [6.45, 7) is -0.631. The summed E-state index contributed by atoms with van der Waals surface area (Å²) in [7, 11) is 0. The van der Waals surface area contributed by atoms with Crippen LogP contribution in [-0.4, -0.2) is 307 Å². The maximum absolute atomic E-state index is 13.1. The molecule has 3 amide bonds. The number of carboxylic acids is 2. The molecule has 5 saturated heterocycles. The molecule has 438 valence electrons. The normalized spacial score (nSPS) is 43.6. The second kappa shape index (κ2) is 26.1. The van der Waals surface area contributed by atoms with E-state index in [9.17, 15) is 111 Å². The van der Waals surface area contributed by atoms with Crippen LogP contribution in [0.4, 0.5) is 0 Å². The first-order chi connectivity index (χ1) is 35.5. The maximum Gasteiger partial charge on any atom is 0.364 e. The summed E-state index contributed by atoms with van der Waals surface area (Å²) in [5.74, 6) is -13.2. The van der Waals surface area contributed by atoms with Gasteiger partial charge < -0.3 is 145 Å². The van der Waals surface area contributed by atoms with E-state index in [0.717, 1.165) is 20.8 Å². The van der Waals surface area contributed by atoms with Gasteiger partial charge in [-0.3, -0.25) is 14.4 Å². The van der Waals surface area contributed by atoms with Gasteiger partial charge in [0.2, 0.25) is 17.7 Å². The van der Waals surface area contributed by atoms with E-state index >= 15 is 0 Å². The quantitative estimate of drug-likeness (QED) is 0.0507. The van der Waals surface area contributed by atoms with Gasteiger partial charge in [0.25, 0.3) is 11.6 Å². The molecule has 5 rings (SSSR count). The Morgan fingerprint density at radius 3 is 1.50 bits per heavy atom. The third-order valence-corrected chi connectivity index (χ3v) is 13.4. The number of rotatable bonds is 21. The molecule has 34 nitrogen and oxygen atoms in total. The predicted molar refractivity (Wildman–Crippen MR) is 234 cm³/mol. The van der Waals surface area contributed by atoms with Gasteiger partial charge in [0, 0.05) is 33.6 Å². The third-order valence-electron chi connectivity index (χ3n) is 13.4. The van der Waals surface area contributed by atoms with E-state index in [4.69, 9.17) is 42.6 Å². The number of carbonyl (C=O) groups excluding carboxylic acids is 3. The van der Waals surface area contributed by atoms with Crippen molar-refractivity contribution in [1.29, 1.82) is 0 Å². The molecule has 27 atom stereocenters. The molecule has 76 heavy (non-hydrogen) atoms. The topological polar surface area (TPSA) is 548 Å². The van der Waals surface area contributed by atoms with E-state index in [-0.39, 0.29) is 0 Å². The van der Waals surface area contributed by atoms with E-state index in [1.165, 1.54) is 6.92 Å². The van der Waals surface area contributed by atoms with Gasteiger partial charge in [-0.15, -0.1) is 0 Å². The maximum atomic E-state index is 13.1. The molecule has 0 radical (unpaired) electrons. The van der Waals surface area contributed by atoms with E-state index in [0.29, 0.717) is 0 Å². The minimum Gasteiger partial charge on any atom is -0.477 e. The SMILES string of the molecule is CC(=O)N[C@H]1[C@H]([C@H](O)[C@H](O)CO)O[C@@](OC[C@H]2OC(O)[C@H](NC(C)=O)[C@@H](O[C@@H]3O[C@H](CO)[C@H](O)[C@H](O[C@]4(C(=O)O)C[C@H](O)[C@@H](NC(C)=O)[C@H]([C@H](O)[C@H](O)CO)O4)[C@H]3O)[C@@H]2O[C@@H]2O[C@@H](C)[C@@H](O)[C@@H](O)[C@@H]2O)(C(=O)O)C[C@@H]1O. The number of hydrogen-bond donors (Lipinski definition) is 20. The Morgan fingerprint density at radius 2 is 1.03 bits per heavy atom. The lowest BCUT2D eigenvalue weighted by atomic mass is 9.88. The van der Waals surface area contributed by atoms with Gasteiger partial charge in [-0.05, 0) is 6.92 Å². The fourth-order valence-corrected chi connectivity index (χ4v) is 9.47. The van der Waals surface area contributed by atoms with Gasteiger partial charge in [0.05, 0.1) is 56.8 Å².